The summed E-state index contributed by atoms with van der Waals surface area (Å²) in [6.07, 6.45) is 1.48. The van der Waals surface area contributed by atoms with E-state index in [2.05, 4.69) is 0 Å². The number of carbonyl (C=O) groups excluding carboxylic acids is 1. The van der Waals surface area contributed by atoms with Gasteiger partial charge in [-0.2, -0.15) is 0 Å². The molecule has 0 bridgehead atoms. The third-order valence-electron chi connectivity index (χ3n) is 2.57. The molecule has 0 aromatic rings. The van der Waals surface area contributed by atoms with E-state index >= 15 is 0 Å². The Bertz CT molecular complexity index is 226. The highest BCUT2D eigenvalue weighted by Crippen LogP contribution is 2.15. The van der Waals surface area contributed by atoms with Crippen LogP contribution in [0.5, 0.6) is 0 Å². The molecular formula is C13H27NO4. The van der Waals surface area contributed by atoms with Crippen molar-refractivity contribution in [3.05, 3.63) is 0 Å². The van der Waals surface area contributed by atoms with Crippen LogP contribution in [0.15, 0.2) is 0 Å². The number of aliphatic hydroxyl groups excluding tert-OH is 2. The maximum Gasteiger partial charge on any atom is 0.223 e. The predicted octanol–water partition coefficient (Wildman–Crippen LogP) is 0.785. The minimum absolute atomic E-state index is 0.0384. The summed E-state index contributed by atoms with van der Waals surface area (Å²) in [5.74, 6) is 0.0438. The van der Waals surface area contributed by atoms with E-state index in [1.807, 2.05) is 20.8 Å². The van der Waals surface area contributed by atoms with Gasteiger partial charge in [-0.3, -0.25) is 4.79 Å². The second-order valence-corrected chi connectivity index (χ2v) is 5.23. The van der Waals surface area contributed by atoms with Crippen molar-refractivity contribution in [3.8, 4) is 0 Å². The maximum atomic E-state index is 12.0. The fourth-order valence-electron chi connectivity index (χ4n) is 1.62. The topological polar surface area (TPSA) is 70.0 Å². The Morgan fingerprint density at radius 2 is 1.72 bits per heavy atom. The molecule has 0 fully saturated rings. The number of ether oxygens (including phenoxy) is 1. The molecule has 5 nitrogen and oxygen atoms in total. The zero-order valence-electron chi connectivity index (χ0n) is 11.8. The quantitative estimate of drug-likeness (QED) is 0.602. The second kappa shape index (κ2) is 9.30. The molecule has 18 heavy (non-hydrogen) atoms. The molecule has 0 unspecified atom stereocenters. The fraction of sp³-hybridized carbons (Fsp3) is 0.923. The van der Waals surface area contributed by atoms with Crippen molar-refractivity contribution in [3.63, 3.8) is 0 Å². The lowest BCUT2D eigenvalue weighted by Gasteiger charge is -2.35. The van der Waals surface area contributed by atoms with Crippen LogP contribution in [-0.4, -0.2) is 59.5 Å². The van der Waals surface area contributed by atoms with Crippen molar-refractivity contribution in [1.29, 1.82) is 0 Å². The normalized spacial score (nSPS) is 11.6. The molecule has 0 radical (unpaired) electrons. The van der Waals surface area contributed by atoms with E-state index in [9.17, 15) is 4.79 Å². The number of hydrogen-bond acceptors (Lipinski definition) is 4. The Hall–Kier alpha value is -0.650. The van der Waals surface area contributed by atoms with Gasteiger partial charge in [-0.05, 0) is 33.6 Å². The zero-order chi connectivity index (χ0) is 14.0. The molecule has 0 saturated heterocycles. The van der Waals surface area contributed by atoms with Crippen molar-refractivity contribution in [2.45, 2.75) is 45.6 Å². The predicted molar refractivity (Wildman–Crippen MR) is 70.3 cm³/mol. The van der Waals surface area contributed by atoms with Gasteiger partial charge in [-0.25, -0.2) is 0 Å². The van der Waals surface area contributed by atoms with E-state index in [4.69, 9.17) is 14.9 Å². The van der Waals surface area contributed by atoms with Gasteiger partial charge < -0.3 is 19.8 Å². The van der Waals surface area contributed by atoms with Gasteiger partial charge in [-0.1, -0.05) is 0 Å². The minimum Gasteiger partial charge on any atom is -0.396 e. The lowest BCUT2D eigenvalue weighted by atomic mass is 10.1. The summed E-state index contributed by atoms with van der Waals surface area (Å²) < 4.78 is 5.35. The van der Waals surface area contributed by atoms with Crippen LogP contribution in [-0.2, 0) is 9.53 Å². The van der Waals surface area contributed by atoms with Crippen molar-refractivity contribution in [1.82, 2.24) is 4.90 Å². The molecule has 108 valence electrons. The Morgan fingerprint density at radius 3 is 2.22 bits per heavy atom. The minimum atomic E-state index is -0.243. The molecule has 5 heteroatoms. The van der Waals surface area contributed by atoms with E-state index in [-0.39, 0.29) is 24.7 Å². The van der Waals surface area contributed by atoms with Crippen LogP contribution in [0.4, 0.5) is 0 Å². The highest BCUT2D eigenvalue weighted by atomic mass is 16.5. The van der Waals surface area contributed by atoms with E-state index in [0.29, 0.717) is 39.0 Å². The zero-order valence-corrected chi connectivity index (χ0v) is 11.8. The van der Waals surface area contributed by atoms with E-state index in [1.54, 1.807) is 4.90 Å². The third-order valence-corrected chi connectivity index (χ3v) is 2.57. The summed E-state index contributed by atoms with van der Waals surface area (Å²) in [7, 11) is 0. The second-order valence-electron chi connectivity index (χ2n) is 5.23. The standard InChI is InChI=1S/C13H27NO4/c1-13(2,3)14(12(17)6-4-8-15)7-11-18-10-5-9-16/h15-16H,4-11H2,1-3H3. The highest BCUT2D eigenvalue weighted by molar-refractivity contribution is 5.76. The van der Waals surface area contributed by atoms with Crippen LogP contribution in [0.2, 0.25) is 0 Å². The first-order valence-electron chi connectivity index (χ1n) is 6.53. The molecule has 0 heterocycles. The Labute approximate surface area is 110 Å². The number of amides is 1. The molecular weight excluding hydrogens is 234 g/mol. The maximum absolute atomic E-state index is 12.0. The van der Waals surface area contributed by atoms with Crippen LogP contribution in [0, 0.1) is 0 Å². The molecule has 0 spiro atoms. The van der Waals surface area contributed by atoms with Gasteiger partial charge in [0.15, 0.2) is 0 Å². The summed E-state index contributed by atoms with van der Waals surface area (Å²) >= 11 is 0. The molecule has 0 aliphatic carbocycles. The Morgan fingerprint density at radius 1 is 1.11 bits per heavy atom. The van der Waals surface area contributed by atoms with Crippen LogP contribution in [0.25, 0.3) is 0 Å². The molecule has 0 aromatic heterocycles. The molecule has 0 atom stereocenters. The average molecular weight is 261 g/mol. The van der Waals surface area contributed by atoms with Crippen LogP contribution in [0.1, 0.15) is 40.0 Å². The summed E-state index contributed by atoms with van der Waals surface area (Å²) in [6.45, 7) is 7.64. The molecule has 0 rings (SSSR count). The first-order chi connectivity index (χ1) is 8.43. The van der Waals surface area contributed by atoms with Gasteiger partial charge >= 0.3 is 0 Å². The number of nitrogens with zero attached hydrogens (tertiary/aromatic N) is 1. The van der Waals surface area contributed by atoms with E-state index in [1.165, 1.54) is 0 Å². The molecule has 1 amide bonds. The summed E-state index contributed by atoms with van der Waals surface area (Å²) in [6, 6.07) is 0. The van der Waals surface area contributed by atoms with Crippen LogP contribution >= 0.6 is 0 Å². The van der Waals surface area contributed by atoms with E-state index < -0.39 is 0 Å². The van der Waals surface area contributed by atoms with Crippen LogP contribution < -0.4 is 0 Å². The summed E-state index contributed by atoms with van der Waals surface area (Å²) in [5, 5.41) is 17.4. The Balaban J connectivity index is 4.12. The number of hydrogen-bond donors (Lipinski definition) is 2. The lowest BCUT2D eigenvalue weighted by Crippen LogP contribution is -2.47. The van der Waals surface area contributed by atoms with Crippen molar-refractivity contribution in [2.24, 2.45) is 0 Å². The smallest absolute Gasteiger partial charge is 0.223 e. The molecule has 2 N–H and O–H groups in total. The largest absolute Gasteiger partial charge is 0.396 e. The van der Waals surface area contributed by atoms with Gasteiger partial charge in [0.05, 0.1) is 6.61 Å². The molecule has 0 aliphatic rings. The van der Waals surface area contributed by atoms with Gasteiger partial charge in [0.25, 0.3) is 0 Å². The first kappa shape index (κ1) is 17.4. The first-order valence-corrected chi connectivity index (χ1v) is 6.53. The van der Waals surface area contributed by atoms with Crippen molar-refractivity contribution >= 4 is 5.91 Å². The summed E-state index contributed by atoms with van der Waals surface area (Å²) in [4.78, 5) is 13.8. The Kier molecular flexibility index (Phi) is 8.97. The van der Waals surface area contributed by atoms with Gasteiger partial charge in [0.1, 0.15) is 0 Å². The highest BCUT2D eigenvalue weighted by Gasteiger charge is 2.25. The molecule has 0 aliphatic heterocycles. The van der Waals surface area contributed by atoms with E-state index in [0.717, 1.165) is 0 Å². The molecule has 0 saturated carbocycles. The monoisotopic (exact) mass is 261 g/mol. The number of carbonyl (C=O) groups is 1. The molecule has 0 aromatic carbocycles. The SMILES string of the molecule is CC(C)(C)N(CCOCCCO)C(=O)CCCO. The van der Waals surface area contributed by atoms with Crippen molar-refractivity contribution in [2.75, 3.05) is 33.0 Å². The number of aliphatic hydroxyl groups is 2. The average Bonchev–Trinajstić information content (AvgIpc) is 2.29. The summed E-state index contributed by atoms with van der Waals surface area (Å²) in [5.41, 5.74) is -0.243. The number of rotatable bonds is 9. The van der Waals surface area contributed by atoms with Crippen molar-refractivity contribution < 1.29 is 19.7 Å². The van der Waals surface area contributed by atoms with Gasteiger partial charge in [-0.15, -0.1) is 0 Å². The van der Waals surface area contributed by atoms with Crippen LogP contribution in [0.3, 0.4) is 0 Å². The third kappa shape index (κ3) is 7.63. The fourth-order valence-corrected chi connectivity index (χ4v) is 1.62. The van der Waals surface area contributed by atoms with Gasteiger partial charge in [0.2, 0.25) is 5.91 Å². The van der Waals surface area contributed by atoms with Gasteiger partial charge in [0, 0.05) is 38.3 Å². The lowest BCUT2D eigenvalue weighted by molar-refractivity contribution is -0.137.